The smallest absolute Gasteiger partial charge is 0.251 e. The van der Waals surface area contributed by atoms with Gasteiger partial charge in [0.05, 0.1) is 11.8 Å². The Morgan fingerprint density at radius 1 is 1.15 bits per heavy atom. The molecule has 0 spiro atoms. The van der Waals surface area contributed by atoms with Crippen LogP contribution in [0.1, 0.15) is 39.3 Å². The van der Waals surface area contributed by atoms with Crippen LogP contribution in [0.5, 0.6) is 5.75 Å². The quantitative estimate of drug-likeness (QED) is 0.928. The maximum Gasteiger partial charge on any atom is 0.251 e. The van der Waals surface area contributed by atoms with Gasteiger partial charge in [0.2, 0.25) is 0 Å². The fourth-order valence-corrected chi connectivity index (χ4v) is 1.90. The fourth-order valence-electron chi connectivity index (χ4n) is 1.90. The van der Waals surface area contributed by atoms with Crippen molar-refractivity contribution in [3.8, 4) is 17.1 Å². The summed E-state index contributed by atoms with van der Waals surface area (Å²) in [4.78, 5) is 19.0. The van der Waals surface area contributed by atoms with Crippen molar-refractivity contribution in [1.82, 2.24) is 9.97 Å². The molecular formula is C16H20N2O2. The maximum atomic E-state index is 11.7. The first-order valence-corrected chi connectivity index (χ1v) is 6.84. The largest absolute Gasteiger partial charge is 0.491 e. The van der Waals surface area contributed by atoms with Crippen molar-refractivity contribution >= 4 is 0 Å². The lowest BCUT2D eigenvalue weighted by Crippen LogP contribution is -2.11. The molecule has 2 aromatic rings. The molecular weight excluding hydrogens is 252 g/mol. The topological polar surface area (TPSA) is 55.0 Å². The third kappa shape index (κ3) is 3.47. The van der Waals surface area contributed by atoms with Crippen LogP contribution in [0.4, 0.5) is 0 Å². The molecule has 106 valence electrons. The molecule has 1 heterocycles. The Kier molecular flexibility index (Phi) is 4.23. The van der Waals surface area contributed by atoms with E-state index >= 15 is 0 Å². The van der Waals surface area contributed by atoms with Gasteiger partial charge in [-0.25, -0.2) is 4.98 Å². The monoisotopic (exact) mass is 272 g/mol. The average Bonchev–Trinajstić information content (AvgIpc) is 2.37. The van der Waals surface area contributed by atoms with Crippen molar-refractivity contribution in [1.29, 1.82) is 0 Å². The summed E-state index contributed by atoms with van der Waals surface area (Å²) >= 11 is 0. The van der Waals surface area contributed by atoms with Gasteiger partial charge in [0.25, 0.3) is 5.56 Å². The first-order valence-electron chi connectivity index (χ1n) is 6.84. The number of hydrogen-bond donors (Lipinski definition) is 1. The SMILES string of the molecule is CC(C)Oc1cccc(-c2nc(C(C)C)cc(=O)[nH]2)c1. The van der Waals surface area contributed by atoms with Crippen molar-refractivity contribution in [3.05, 3.63) is 46.4 Å². The fraction of sp³-hybridized carbons (Fsp3) is 0.375. The Morgan fingerprint density at radius 2 is 1.90 bits per heavy atom. The minimum Gasteiger partial charge on any atom is -0.491 e. The van der Waals surface area contributed by atoms with Gasteiger partial charge in [-0.3, -0.25) is 4.79 Å². The molecule has 0 aliphatic carbocycles. The van der Waals surface area contributed by atoms with Gasteiger partial charge in [0.15, 0.2) is 0 Å². The summed E-state index contributed by atoms with van der Waals surface area (Å²) in [7, 11) is 0. The van der Waals surface area contributed by atoms with Gasteiger partial charge in [-0.05, 0) is 31.9 Å². The maximum absolute atomic E-state index is 11.7. The van der Waals surface area contributed by atoms with Crippen LogP contribution in [0.25, 0.3) is 11.4 Å². The van der Waals surface area contributed by atoms with Crippen LogP contribution in [0, 0.1) is 0 Å². The average molecular weight is 272 g/mol. The molecule has 0 atom stereocenters. The molecule has 0 bridgehead atoms. The molecule has 0 radical (unpaired) electrons. The predicted octanol–water partition coefficient (Wildman–Crippen LogP) is 3.35. The molecule has 4 heteroatoms. The molecule has 1 aromatic heterocycles. The van der Waals surface area contributed by atoms with Gasteiger partial charge < -0.3 is 9.72 Å². The van der Waals surface area contributed by atoms with E-state index in [0.29, 0.717) is 5.82 Å². The van der Waals surface area contributed by atoms with Crippen LogP contribution in [-0.4, -0.2) is 16.1 Å². The zero-order chi connectivity index (χ0) is 14.7. The molecule has 0 saturated heterocycles. The molecule has 0 aliphatic heterocycles. The molecule has 0 aliphatic rings. The second-order valence-corrected chi connectivity index (χ2v) is 5.37. The number of rotatable bonds is 4. The highest BCUT2D eigenvalue weighted by molar-refractivity contribution is 5.57. The Morgan fingerprint density at radius 3 is 2.55 bits per heavy atom. The van der Waals surface area contributed by atoms with Crippen molar-refractivity contribution in [2.24, 2.45) is 0 Å². The second-order valence-electron chi connectivity index (χ2n) is 5.37. The predicted molar refractivity (Wildman–Crippen MR) is 80.1 cm³/mol. The summed E-state index contributed by atoms with van der Waals surface area (Å²) in [6.07, 6.45) is 0.110. The Bertz CT molecular complexity index is 645. The number of H-pyrrole nitrogens is 1. The molecule has 1 aromatic carbocycles. The van der Waals surface area contributed by atoms with Gasteiger partial charge in [-0.15, -0.1) is 0 Å². The molecule has 4 nitrogen and oxygen atoms in total. The first kappa shape index (κ1) is 14.3. The van der Waals surface area contributed by atoms with E-state index in [0.717, 1.165) is 17.0 Å². The van der Waals surface area contributed by atoms with E-state index in [1.54, 1.807) is 6.07 Å². The molecule has 0 amide bonds. The van der Waals surface area contributed by atoms with Crippen molar-refractivity contribution in [3.63, 3.8) is 0 Å². The highest BCUT2D eigenvalue weighted by atomic mass is 16.5. The molecule has 1 N–H and O–H groups in total. The lowest BCUT2D eigenvalue weighted by Gasteiger charge is -2.11. The normalized spacial score (nSPS) is 11.1. The van der Waals surface area contributed by atoms with Gasteiger partial charge in [-0.2, -0.15) is 0 Å². The first-order chi connectivity index (χ1) is 9.45. The standard InChI is InChI=1S/C16H20N2O2/c1-10(2)14-9-15(19)18-16(17-14)12-6-5-7-13(8-12)20-11(3)4/h5-11H,1-4H3,(H,17,18,19). The Labute approximate surface area is 118 Å². The number of hydrogen-bond acceptors (Lipinski definition) is 3. The summed E-state index contributed by atoms with van der Waals surface area (Å²) < 4.78 is 5.66. The molecule has 0 fully saturated rings. The van der Waals surface area contributed by atoms with E-state index < -0.39 is 0 Å². The van der Waals surface area contributed by atoms with Gasteiger partial charge >= 0.3 is 0 Å². The minimum atomic E-state index is -0.131. The third-order valence-electron chi connectivity index (χ3n) is 2.83. The van der Waals surface area contributed by atoms with E-state index in [2.05, 4.69) is 9.97 Å². The zero-order valence-electron chi connectivity index (χ0n) is 12.3. The number of ether oxygens (including phenoxy) is 1. The summed E-state index contributed by atoms with van der Waals surface area (Å²) in [6.45, 7) is 7.99. The van der Waals surface area contributed by atoms with Gasteiger partial charge in [0, 0.05) is 11.6 Å². The summed E-state index contributed by atoms with van der Waals surface area (Å²) in [5.41, 5.74) is 1.51. The van der Waals surface area contributed by atoms with Crippen LogP contribution in [-0.2, 0) is 0 Å². The number of benzene rings is 1. The van der Waals surface area contributed by atoms with E-state index in [9.17, 15) is 4.79 Å². The van der Waals surface area contributed by atoms with Crippen molar-refractivity contribution in [2.45, 2.75) is 39.7 Å². The number of nitrogens with zero attached hydrogens (tertiary/aromatic N) is 1. The minimum absolute atomic E-state index is 0.110. The molecule has 0 unspecified atom stereocenters. The number of aromatic nitrogens is 2. The van der Waals surface area contributed by atoms with Crippen LogP contribution in [0.2, 0.25) is 0 Å². The highest BCUT2D eigenvalue weighted by Crippen LogP contribution is 2.22. The Balaban J connectivity index is 2.43. The Hall–Kier alpha value is -2.10. The number of nitrogens with one attached hydrogen (secondary N) is 1. The van der Waals surface area contributed by atoms with Gasteiger partial charge in [-0.1, -0.05) is 26.0 Å². The summed E-state index contributed by atoms with van der Waals surface area (Å²) in [5, 5.41) is 0. The number of aromatic amines is 1. The van der Waals surface area contributed by atoms with E-state index in [-0.39, 0.29) is 17.6 Å². The molecule has 0 saturated carbocycles. The van der Waals surface area contributed by atoms with Crippen LogP contribution in [0.3, 0.4) is 0 Å². The summed E-state index contributed by atoms with van der Waals surface area (Å²) in [5.74, 6) is 1.57. The van der Waals surface area contributed by atoms with Crippen LogP contribution < -0.4 is 10.3 Å². The van der Waals surface area contributed by atoms with E-state index in [1.165, 1.54) is 0 Å². The third-order valence-corrected chi connectivity index (χ3v) is 2.83. The van der Waals surface area contributed by atoms with Crippen molar-refractivity contribution in [2.75, 3.05) is 0 Å². The second kappa shape index (κ2) is 5.90. The van der Waals surface area contributed by atoms with Crippen LogP contribution >= 0.6 is 0 Å². The lowest BCUT2D eigenvalue weighted by molar-refractivity contribution is 0.242. The zero-order valence-corrected chi connectivity index (χ0v) is 12.3. The van der Waals surface area contributed by atoms with Crippen molar-refractivity contribution < 1.29 is 4.74 Å². The van der Waals surface area contributed by atoms with Gasteiger partial charge in [0.1, 0.15) is 11.6 Å². The highest BCUT2D eigenvalue weighted by Gasteiger charge is 2.08. The van der Waals surface area contributed by atoms with Crippen LogP contribution in [0.15, 0.2) is 35.1 Å². The molecule has 2 rings (SSSR count). The lowest BCUT2D eigenvalue weighted by atomic mass is 10.1. The molecule has 20 heavy (non-hydrogen) atoms. The van der Waals surface area contributed by atoms with E-state index in [4.69, 9.17) is 4.74 Å². The van der Waals surface area contributed by atoms with E-state index in [1.807, 2.05) is 52.0 Å². The summed E-state index contributed by atoms with van der Waals surface area (Å²) in [6, 6.07) is 9.14.